The second kappa shape index (κ2) is 7.01. The van der Waals surface area contributed by atoms with Crippen molar-refractivity contribution >= 4 is 5.78 Å². The second-order valence-electron chi connectivity index (χ2n) is 7.38. The molecule has 0 radical (unpaired) electrons. The second-order valence-corrected chi connectivity index (χ2v) is 7.38. The number of ketones is 1. The summed E-state index contributed by atoms with van der Waals surface area (Å²) in [6.45, 7) is 0.917. The first-order chi connectivity index (χ1) is 12.7. The van der Waals surface area contributed by atoms with E-state index >= 15 is 0 Å². The highest BCUT2D eigenvalue weighted by atomic mass is 19.1. The minimum Gasteiger partial charge on any atom is -0.294 e. The fraction of sp³-hybridized carbons (Fsp3) is 0.364. The number of fused-ring (bicyclic) bond motifs is 2. The van der Waals surface area contributed by atoms with Crippen LogP contribution in [0, 0.1) is 23.1 Å². The fourth-order valence-corrected chi connectivity index (χ4v) is 4.58. The molecular formula is C22H21FN2O. The predicted octanol–water partition coefficient (Wildman–Crippen LogP) is 4.32. The molecule has 2 aliphatic rings. The number of nitriles is 1. The predicted molar refractivity (Wildman–Crippen MR) is 97.0 cm³/mol. The number of piperidine rings is 1. The fourth-order valence-electron chi connectivity index (χ4n) is 4.58. The van der Waals surface area contributed by atoms with E-state index < -0.39 is 5.82 Å². The number of hydrogen-bond donors (Lipinski definition) is 0. The van der Waals surface area contributed by atoms with Crippen LogP contribution in [0.15, 0.2) is 48.5 Å². The summed E-state index contributed by atoms with van der Waals surface area (Å²) in [5.74, 6) is -0.650. The number of carbonyl (C=O) groups excluding carboxylic acids is 1. The maximum absolute atomic E-state index is 13.6. The molecule has 0 saturated carbocycles. The van der Waals surface area contributed by atoms with Crippen molar-refractivity contribution in [2.24, 2.45) is 5.92 Å². The third-order valence-electron chi connectivity index (χ3n) is 5.83. The summed E-state index contributed by atoms with van der Waals surface area (Å²) in [5, 5.41) is 9.25. The monoisotopic (exact) mass is 348 g/mol. The zero-order chi connectivity index (χ0) is 18.1. The number of rotatable bonds is 4. The number of halogens is 1. The smallest absolute Gasteiger partial charge is 0.167 e. The van der Waals surface area contributed by atoms with Gasteiger partial charge in [-0.1, -0.05) is 30.3 Å². The first-order valence-corrected chi connectivity index (χ1v) is 9.19. The summed E-state index contributed by atoms with van der Waals surface area (Å²) in [4.78, 5) is 15.5. The highest BCUT2D eigenvalue weighted by Gasteiger charge is 2.43. The van der Waals surface area contributed by atoms with Gasteiger partial charge >= 0.3 is 0 Å². The Morgan fingerprint density at radius 2 is 1.81 bits per heavy atom. The Morgan fingerprint density at radius 3 is 2.46 bits per heavy atom. The van der Waals surface area contributed by atoms with Crippen LogP contribution in [-0.2, 0) is 6.54 Å². The molecule has 2 bridgehead atoms. The van der Waals surface area contributed by atoms with E-state index in [0.29, 0.717) is 12.1 Å². The molecule has 3 nitrogen and oxygen atoms in total. The molecule has 2 aromatic carbocycles. The van der Waals surface area contributed by atoms with Gasteiger partial charge in [0.05, 0.1) is 11.6 Å². The molecule has 0 spiro atoms. The Kier molecular flexibility index (Phi) is 4.57. The van der Waals surface area contributed by atoms with Crippen molar-refractivity contribution in [3.63, 3.8) is 0 Å². The van der Waals surface area contributed by atoms with E-state index in [-0.39, 0.29) is 22.8 Å². The lowest BCUT2D eigenvalue weighted by atomic mass is 9.83. The van der Waals surface area contributed by atoms with Crippen LogP contribution in [-0.4, -0.2) is 22.8 Å². The molecule has 2 fully saturated rings. The minimum atomic E-state index is -0.461. The van der Waals surface area contributed by atoms with Crippen molar-refractivity contribution in [2.75, 3.05) is 0 Å². The maximum atomic E-state index is 13.6. The Balaban J connectivity index is 1.51. The number of Topliss-reactive ketones (excluding diaryl/α,β-unsaturated/α-hetero) is 1. The van der Waals surface area contributed by atoms with Gasteiger partial charge in [0.2, 0.25) is 0 Å². The zero-order valence-electron chi connectivity index (χ0n) is 14.6. The van der Waals surface area contributed by atoms with Crippen molar-refractivity contribution in [3.8, 4) is 6.07 Å². The van der Waals surface area contributed by atoms with E-state index in [0.717, 1.165) is 32.2 Å². The van der Waals surface area contributed by atoms with E-state index in [2.05, 4.69) is 29.2 Å². The van der Waals surface area contributed by atoms with Crippen molar-refractivity contribution in [3.05, 3.63) is 71.0 Å². The van der Waals surface area contributed by atoms with Gasteiger partial charge in [-0.3, -0.25) is 9.69 Å². The molecule has 2 atom stereocenters. The van der Waals surface area contributed by atoms with E-state index in [1.165, 1.54) is 23.8 Å². The van der Waals surface area contributed by atoms with Crippen LogP contribution in [0.2, 0.25) is 0 Å². The molecule has 0 aromatic heterocycles. The summed E-state index contributed by atoms with van der Waals surface area (Å²) in [5.41, 5.74) is 1.81. The molecule has 2 aliphatic heterocycles. The standard InChI is InChI=1S/C22H21FN2O/c23-18-7-6-16(13-24)21(12-18)22(26)17-10-19-8-9-20(11-17)25(19)14-15-4-2-1-3-5-15/h1-7,12,17,19-20H,8-11,14H2. The Bertz CT molecular complexity index is 844. The molecule has 4 heteroatoms. The lowest BCUT2D eigenvalue weighted by Crippen LogP contribution is -2.44. The first-order valence-electron chi connectivity index (χ1n) is 9.19. The minimum absolute atomic E-state index is 0.0719. The van der Waals surface area contributed by atoms with Crippen LogP contribution >= 0.6 is 0 Å². The Morgan fingerprint density at radius 1 is 1.12 bits per heavy atom. The average molecular weight is 348 g/mol. The molecular weight excluding hydrogens is 327 g/mol. The molecule has 132 valence electrons. The van der Waals surface area contributed by atoms with Crippen molar-refractivity contribution in [2.45, 2.75) is 44.3 Å². The number of hydrogen-bond acceptors (Lipinski definition) is 3. The Labute approximate surface area is 153 Å². The third kappa shape index (κ3) is 3.15. The highest BCUT2D eigenvalue weighted by molar-refractivity contribution is 6.00. The topological polar surface area (TPSA) is 44.1 Å². The number of carbonyl (C=O) groups is 1. The third-order valence-corrected chi connectivity index (χ3v) is 5.83. The van der Waals surface area contributed by atoms with Crippen molar-refractivity contribution in [1.82, 2.24) is 4.90 Å². The van der Waals surface area contributed by atoms with Crippen LogP contribution in [0.1, 0.15) is 47.2 Å². The SMILES string of the molecule is N#Cc1ccc(F)cc1C(=O)C1CC2CCC(C1)N2Cc1ccccc1. The van der Waals surface area contributed by atoms with Crippen molar-refractivity contribution in [1.29, 1.82) is 5.26 Å². The average Bonchev–Trinajstić information content (AvgIpc) is 2.90. The van der Waals surface area contributed by atoms with Crippen molar-refractivity contribution < 1.29 is 9.18 Å². The molecule has 2 heterocycles. The van der Waals surface area contributed by atoms with Gasteiger partial charge in [0, 0.05) is 30.1 Å². The lowest BCUT2D eigenvalue weighted by Gasteiger charge is -2.38. The lowest BCUT2D eigenvalue weighted by molar-refractivity contribution is 0.0677. The molecule has 2 unspecified atom stereocenters. The quantitative estimate of drug-likeness (QED) is 0.773. The van der Waals surface area contributed by atoms with E-state index in [1.807, 2.05) is 12.1 Å². The Hall–Kier alpha value is -2.51. The molecule has 4 rings (SSSR count). The maximum Gasteiger partial charge on any atom is 0.167 e. The molecule has 26 heavy (non-hydrogen) atoms. The van der Waals surface area contributed by atoms with Crippen LogP contribution < -0.4 is 0 Å². The van der Waals surface area contributed by atoms with Crippen LogP contribution in [0.5, 0.6) is 0 Å². The van der Waals surface area contributed by atoms with Gasteiger partial charge in [-0.2, -0.15) is 5.26 Å². The molecule has 0 N–H and O–H groups in total. The molecule has 2 saturated heterocycles. The van der Waals surface area contributed by atoms with Gasteiger partial charge in [-0.25, -0.2) is 4.39 Å². The van der Waals surface area contributed by atoms with Gasteiger partial charge in [0.1, 0.15) is 5.82 Å². The van der Waals surface area contributed by atoms with Gasteiger partial charge in [-0.15, -0.1) is 0 Å². The first kappa shape index (κ1) is 16.9. The van der Waals surface area contributed by atoms with Gasteiger partial charge < -0.3 is 0 Å². The summed E-state index contributed by atoms with van der Waals surface area (Å²) in [7, 11) is 0. The number of benzene rings is 2. The van der Waals surface area contributed by atoms with Gasteiger partial charge in [-0.05, 0) is 49.4 Å². The normalized spacial score (nSPS) is 25.0. The molecule has 0 aliphatic carbocycles. The van der Waals surface area contributed by atoms with Crippen LogP contribution in [0.3, 0.4) is 0 Å². The summed E-state index contributed by atoms with van der Waals surface area (Å²) in [6.07, 6.45) is 3.80. The number of nitrogens with zero attached hydrogens (tertiary/aromatic N) is 2. The summed E-state index contributed by atoms with van der Waals surface area (Å²) in [6, 6.07) is 17.1. The highest BCUT2D eigenvalue weighted by Crippen LogP contribution is 2.41. The van der Waals surface area contributed by atoms with Gasteiger partial charge in [0.15, 0.2) is 5.78 Å². The van der Waals surface area contributed by atoms with Crippen LogP contribution in [0.4, 0.5) is 4.39 Å². The zero-order valence-corrected chi connectivity index (χ0v) is 14.6. The summed E-state index contributed by atoms with van der Waals surface area (Å²) >= 11 is 0. The van der Waals surface area contributed by atoms with E-state index in [9.17, 15) is 14.4 Å². The largest absolute Gasteiger partial charge is 0.294 e. The van der Waals surface area contributed by atoms with Crippen LogP contribution in [0.25, 0.3) is 0 Å². The molecule has 2 aromatic rings. The molecule has 0 amide bonds. The van der Waals surface area contributed by atoms with E-state index in [1.54, 1.807) is 0 Å². The van der Waals surface area contributed by atoms with Gasteiger partial charge in [0.25, 0.3) is 0 Å². The van der Waals surface area contributed by atoms with E-state index in [4.69, 9.17) is 0 Å². The summed E-state index contributed by atoms with van der Waals surface area (Å²) < 4.78 is 13.6.